The van der Waals surface area contributed by atoms with Crippen molar-refractivity contribution < 1.29 is 9.53 Å². The summed E-state index contributed by atoms with van der Waals surface area (Å²) in [5.41, 5.74) is 1.10. The number of likely N-dealkylation sites (N-methyl/N-ethyl adjacent to an activating group) is 1. The van der Waals surface area contributed by atoms with Gasteiger partial charge in [0.05, 0.1) is 0 Å². The van der Waals surface area contributed by atoms with E-state index in [9.17, 15) is 4.79 Å². The van der Waals surface area contributed by atoms with Crippen LogP contribution >= 0.6 is 24.0 Å². The van der Waals surface area contributed by atoms with E-state index in [1.54, 1.807) is 7.05 Å². The predicted molar refractivity (Wildman–Crippen MR) is 134 cm³/mol. The van der Waals surface area contributed by atoms with Crippen LogP contribution in [0, 0.1) is 0 Å². The molecule has 0 bridgehead atoms. The van der Waals surface area contributed by atoms with E-state index in [2.05, 4.69) is 40.4 Å². The number of guanidine groups is 1. The van der Waals surface area contributed by atoms with Gasteiger partial charge in [0.2, 0.25) is 5.91 Å². The number of halogens is 1. The quantitative estimate of drug-likeness (QED) is 0.276. The van der Waals surface area contributed by atoms with Gasteiger partial charge in [-0.15, -0.1) is 24.0 Å². The fourth-order valence-corrected chi connectivity index (χ4v) is 3.51. The van der Waals surface area contributed by atoms with E-state index in [0.717, 1.165) is 56.4 Å². The van der Waals surface area contributed by atoms with E-state index < -0.39 is 0 Å². The van der Waals surface area contributed by atoms with Crippen molar-refractivity contribution >= 4 is 35.8 Å². The van der Waals surface area contributed by atoms with Crippen LogP contribution in [0.4, 0.5) is 0 Å². The highest BCUT2D eigenvalue weighted by molar-refractivity contribution is 14.0. The Balaban J connectivity index is 0.00000450. The minimum atomic E-state index is 0. The fourth-order valence-electron chi connectivity index (χ4n) is 3.51. The molecule has 0 spiro atoms. The molecular formula is C22H38IN5O2. The van der Waals surface area contributed by atoms with Crippen molar-refractivity contribution in [1.29, 1.82) is 0 Å². The van der Waals surface area contributed by atoms with Crippen molar-refractivity contribution in [3.8, 4) is 5.75 Å². The smallest absolute Gasteiger partial charge is 0.222 e. The van der Waals surface area contributed by atoms with Crippen LogP contribution in [0.1, 0.15) is 39.2 Å². The van der Waals surface area contributed by atoms with Crippen LogP contribution in [-0.4, -0.2) is 74.1 Å². The zero-order valence-corrected chi connectivity index (χ0v) is 21.1. The SMILES string of the molecule is CCC(=O)N1CCC(NC(=NC)NCc2ccccc2OCCN(CC)CC)C1.I. The van der Waals surface area contributed by atoms with E-state index in [1.807, 2.05) is 30.0 Å². The van der Waals surface area contributed by atoms with Gasteiger partial charge in [-0.1, -0.05) is 39.0 Å². The standard InChI is InChI=1S/C22H37N5O2.HI/c1-5-21(28)27-13-12-19(17-27)25-22(23-4)24-16-18-10-8-9-11-20(18)29-15-14-26(6-2)7-3;/h8-11,19H,5-7,12-17H2,1-4H3,(H2,23,24,25);1H. The van der Waals surface area contributed by atoms with Gasteiger partial charge >= 0.3 is 0 Å². The van der Waals surface area contributed by atoms with Gasteiger partial charge in [-0.25, -0.2) is 0 Å². The van der Waals surface area contributed by atoms with Gasteiger partial charge in [0.1, 0.15) is 12.4 Å². The Morgan fingerprint density at radius 2 is 2.00 bits per heavy atom. The minimum Gasteiger partial charge on any atom is -0.492 e. The van der Waals surface area contributed by atoms with Crippen LogP contribution in [0.15, 0.2) is 29.3 Å². The molecular weight excluding hydrogens is 493 g/mol. The molecule has 8 heteroatoms. The van der Waals surface area contributed by atoms with E-state index in [0.29, 0.717) is 19.6 Å². The number of rotatable bonds is 10. The Hall–Kier alpha value is -1.55. The molecule has 1 aliphatic heterocycles. The molecule has 1 fully saturated rings. The molecule has 1 heterocycles. The number of nitrogens with zero attached hydrogens (tertiary/aromatic N) is 3. The molecule has 2 rings (SSSR count). The molecule has 30 heavy (non-hydrogen) atoms. The minimum absolute atomic E-state index is 0. The van der Waals surface area contributed by atoms with Gasteiger partial charge in [0.15, 0.2) is 5.96 Å². The normalized spacial score (nSPS) is 16.4. The van der Waals surface area contributed by atoms with Crippen LogP contribution < -0.4 is 15.4 Å². The lowest BCUT2D eigenvalue weighted by molar-refractivity contribution is -0.129. The third kappa shape index (κ3) is 8.29. The number of carbonyl (C=O) groups is 1. The molecule has 0 aromatic heterocycles. The van der Waals surface area contributed by atoms with Crippen molar-refractivity contribution in [2.24, 2.45) is 4.99 Å². The number of para-hydroxylation sites is 1. The number of aliphatic imine (C=N–C) groups is 1. The number of nitrogens with one attached hydrogen (secondary N) is 2. The predicted octanol–water partition coefficient (Wildman–Crippen LogP) is 2.70. The summed E-state index contributed by atoms with van der Waals surface area (Å²) in [6.45, 7) is 12.1. The average Bonchev–Trinajstić information content (AvgIpc) is 3.23. The maximum atomic E-state index is 11.9. The number of carbonyl (C=O) groups excluding carboxylic acids is 1. The van der Waals surface area contributed by atoms with Gasteiger partial charge in [0.25, 0.3) is 0 Å². The van der Waals surface area contributed by atoms with E-state index >= 15 is 0 Å². The molecule has 1 aromatic carbocycles. The Labute approximate surface area is 198 Å². The zero-order valence-electron chi connectivity index (χ0n) is 18.8. The zero-order chi connectivity index (χ0) is 21.1. The number of amides is 1. The summed E-state index contributed by atoms with van der Waals surface area (Å²) in [6.07, 6.45) is 1.50. The van der Waals surface area contributed by atoms with Crippen LogP contribution in [0.3, 0.4) is 0 Å². The van der Waals surface area contributed by atoms with Gasteiger partial charge in [-0.2, -0.15) is 0 Å². The highest BCUT2D eigenvalue weighted by atomic mass is 127. The van der Waals surface area contributed by atoms with Crippen LogP contribution in [0.5, 0.6) is 5.75 Å². The molecule has 0 aliphatic carbocycles. The molecule has 1 aromatic rings. The molecule has 1 aliphatic rings. The summed E-state index contributed by atoms with van der Waals surface area (Å²) >= 11 is 0. The molecule has 7 nitrogen and oxygen atoms in total. The van der Waals surface area contributed by atoms with Crippen molar-refractivity contribution in [1.82, 2.24) is 20.4 Å². The lowest BCUT2D eigenvalue weighted by Gasteiger charge is -2.20. The fraction of sp³-hybridized carbons (Fsp3) is 0.636. The Kier molecular flexibility index (Phi) is 12.8. The molecule has 0 radical (unpaired) electrons. The third-order valence-electron chi connectivity index (χ3n) is 5.39. The molecule has 1 atom stereocenters. The van der Waals surface area contributed by atoms with Crippen molar-refractivity contribution in [2.45, 2.75) is 46.2 Å². The first kappa shape index (κ1) is 26.5. The summed E-state index contributed by atoms with van der Waals surface area (Å²) in [5, 5.41) is 6.81. The number of hydrogen-bond acceptors (Lipinski definition) is 4. The summed E-state index contributed by atoms with van der Waals surface area (Å²) in [6, 6.07) is 8.35. The number of hydrogen-bond donors (Lipinski definition) is 2. The first-order chi connectivity index (χ1) is 14.1. The van der Waals surface area contributed by atoms with Gasteiger partial charge < -0.3 is 25.2 Å². The topological polar surface area (TPSA) is 69.2 Å². The molecule has 1 amide bonds. The summed E-state index contributed by atoms with van der Waals surface area (Å²) in [5.74, 6) is 1.87. The maximum absolute atomic E-state index is 11.9. The summed E-state index contributed by atoms with van der Waals surface area (Å²) in [7, 11) is 1.77. The van der Waals surface area contributed by atoms with Gasteiger partial charge in [-0.05, 0) is 25.6 Å². The largest absolute Gasteiger partial charge is 0.492 e. The van der Waals surface area contributed by atoms with Crippen molar-refractivity contribution in [2.75, 3.05) is 46.4 Å². The Bertz CT molecular complexity index is 667. The van der Waals surface area contributed by atoms with Gasteiger partial charge in [0, 0.05) is 51.3 Å². The highest BCUT2D eigenvalue weighted by Gasteiger charge is 2.25. The molecule has 2 N–H and O–H groups in total. The highest BCUT2D eigenvalue weighted by Crippen LogP contribution is 2.18. The number of likely N-dealkylation sites (tertiary alicyclic amines) is 1. The number of benzene rings is 1. The second kappa shape index (κ2) is 14.5. The molecule has 170 valence electrons. The third-order valence-corrected chi connectivity index (χ3v) is 5.39. The summed E-state index contributed by atoms with van der Waals surface area (Å²) < 4.78 is 6.04. The summed E-state index contributed by atoms with van der Waals surface area (Å²) in [4.78, 5) is 20.5. The lowest BCUT2D eigenvalue weighted by atomic mass is 10.2. The van der Waals surface area contributed by atoms with Crippen LogP contribution in [0.25, 0.3) is 0 Å². The second-order valence-corrected chi connectivity index (χ2v) is 7.23. The first-order valence-corrected chi connectivity index (χ1v) is 10.8. The second-order valence-electron chi connectivity index (χ2n) is 7.23. The van der Waals surface area contributed by atoms with Crippen molar-refractivity contribution in [3.63, 3.8) is 0 Å². The van der Waals surface area contributed by atoms with E-state index in [1.165, 1.54) is 0 Å². The Morgan fingerprint density at radius 1 is 1.27 bits per heavy atom. The Morgan fingerprint density at radius 3 is 2.67 bits per heavy atom. The van der Waals surface area contributed by atoms with Crippen molar-refractivity contribution in [3.05, 3.63) is 29.8 Å². The number of ether oxygens (including phenoxy) is 1. The molecule has 1 unspecified atom stereocenters. The van der Waals surface area contributed by atoms with E-state index in [-0.39, 0.29) is 35.9 Å². The van der Waals surface area contributed by atoms with Crippen LogP contribution in [0.2, 0.25) is 0 Å². The molecule has 1 saturated heterocycles. The molecule has 0 saturated carbocycles. The average molecular weight is 531 g/mol. The van der Waals surface area contributed by atoms with Crippen LogP contribution in [-0.2, 0) is 11.3 Å². The van der Waals surface area contributed by atoms with Gasteiger partial charge in [-0.3, -0.25) is 9.79 Å². The maximum Gasteiger partial charge on any atom is 0.222 e. The monoisotopic (exact) mass is 531 g/mol. The first-order valence-electron chi connectivity index (χ1n) is 10.8. The lowest BCUT2D eigenvalue weighted by Crippen LogP contribution is -2.44. The van der Waals surface area contributed by atoms with E-state index in [4.69, 9.17) is 4.74 Å².